The maximum absolute atomic E-state index is 12.7. The molecule has 3 rings (SSSR count). The number of piperazine rings is 1. The van der Waals surface area contributed by atoms with E-state index < -0.39 is 11.2 Å². The third kappa shape index (κ3) is 3.18. The van der Waals surface area contributed by atoms with Crippen LogP contribution >= 0.6 is 0 Å². The summed E-state index contributed by atoms with van der Waals surface area (Å²) in [7, 11) is 1.61. The van der Waals surface area contributed by atoms with Gasteiger partial charge in [-0.2, -0.15) is 0 Å². The molecule has 134 valence electrons. The van der Waals surface area contributed by atoms with Gasteiger partial charge in [0.2, 0.25) is 5.91 Å². The van der Waals surface area contributed by atoms with E-state index in [2.05, 4.69) is 0 Å². The van der Waals surface area contributed by atoms with E-state index in [0.717, 1.165) is 0 Å². The van der Waals surface area contributed by atoms with Gasteiger partial charge in [-0.1, -0.05) is 20.8 Å². The quantitative estimate of drug-likeness (QED) is 0.784. The smallest absolute Gasteiger partial charge is 0.408 e. The van der Waals surface area contributed by atoms with Crippen LogP contribution in [-0.4, -0.2) is 52.4 Å². The van der Waals surface area contributed by atoms with Gasteiger partial charge in [-0.15, -0.1) is 0 Å². The number of oxazole rings is 1. The van der Waals surface area contributed by atoms with Crippen LogP contribution in [0.15, 0.2) is 27.4 Å². The standard InChI is InChI=1S/C18H23N3O4/c1-18(2,3)16(23)21-9-7-20(8-10-21)15(22)12-5-6-14-13(11-12)19(4)17(24)25-14/h5-6,11H,7-10H2,1-4H3. The molecule has 0 unspecified atom stereocenters. The molecule has 0 bridgehead atoms. The molecular formula is C18H23N3O4. The van der Waals surface area contributed by atoms with Crippen LogP contribution in [0.4, 0.5) is 0 Å². The highest BCUT2D eigenvalue weighted by Gasteiger charge is 2.31. The Bertz CT molecular complexity index is 880. The molecule has 1 saturated heterocycles. The van der Waals surface area contributed by atoms with Crippen molar-refractivity contribution in [3.63, 3.8) is 0 Å². The van der Waals surface area contributed by atoms with E-state index in [4.69, 9.17) is 4.42 Å². The molecule has 7 nitrogen and oxygen atoms in total. The normalized spacial score (nSPS) is 15.7. The molecule has 1 fully saturated rings. The van der Waals surface area contributed by atoms with Gasteiger partial charge in [0.05, 0.1) is 5.52 Å². The Kier molecular flexibility index (Phi) is 4.18. The number of carbonyl (C=O) groups excluding carboxylic acids is 2. The molecule has 0 radical (unpaired) electrons. The molecule has 2 aromatic rings. The first-order valence-corrected chi connectivity index (χ1v) is 8.37. The molecule has 1 aromatic carbocycles. The lowest BCUT2D eigenvalue weighted by Gasteiger charge is -2.37. The zero-order valence-electron chi connectivity index (χ0n) is 15.0. The van der Waals surface area contributed by atoms with Gasteiger partial charge in [0.15, 0.2) is 5.58 Å². The predicted molar refractivity (Wildman–Crippen MR) is 93.4 cm³/mol. The van der Waals surface area contributed by atoms with Crippen LogP contribution < -0.4 is 5.76 Å². The molecule has 2 heterocycles. The van der Waals surface area contributed by atoms with Crippen LogP contribution in [0.25, 0.3) is 11.1 Å². The molecule has 0 saturated carbocycles. The Morgan fingerprint density at radius 1 is 1.04 bits per heavy atom. The van der Waals surface area contributed by atoms with E-state index in [9.17, 15) is 14.4 Å². The number of amides is 2. The van der Waals surface area contributed by atoms with Crippen LogP contribution in [0, 0.1) is 5.41 Å². The molecule has 7 heteroatoms. The number of carbonyl (C=O) groups is 2. The topological polar surface area (TPSA) is 75.8 Å². The van der Waals surface area contributed by atoms with Gasteiger partial charge in [0.1, 0.15) is 0 Å². The first-order chi connectivity index (χ1) is 11.7. The molecular weight excluding hydrogens is 322 g/mol. The zero-order valence-corrected chi connectivity index (χ0v) is 15.0. The van der Waals surface area contributed by atoms with Crippen molar-refractivity contribution in [2.45, 2.75) is 20.8 Å². The molecule has 1 aliphatic heterocycles. The Hall–Kier alpha value is -2.57. The molecule has 0 aliphatic carbocycles. The SMILES string of the molecule is Cn1c(=O)oc2ccc(C(=O)N3CCN(C(=O)C(C)(C)C)CC3)cc21. The summed E-state index contributed by atoms with van der Waals surface area (Å²) in [4.78, 5) is 40.2. The van der Waals surface area contributed by atoms with Gasteiger partial charge in [0.25, 0.3) is 5.91 Å². The van der Waals surface area contributed by atoms with Crippen LogP contribution in [0.1, 0.15) is 31.1 Å². The predicted octanol–water partition coefficient (Wildman–Crippen LogP) is 1.46. The van der Waals surface area contributed by atoms with Crippen molar-refractivity contribution in [3.05, 3.63) is 34.3 Å². The highest BCUT2D eigenvalue weighted by molar-refractivity contribution is 5.97. The number of hydrogen-bond donors (Lipinski definition) is 0. The van der Waals surface area contributed by atoms with E-state index in [1.54, 1.807) is 30.1 Å². The van der Waals surface area contributed by atoms with Crippen molar-refractivity contribution in [3.8, 4) is 0 Å². The fraction of sp³-hybridized carbons (Fsp3) is 0.500. The van der Waals surface area contributed by atoms with Crippen LogP contribution in [0.2, 0.25) is 0 Å². The summed E-state index contributed by atoms with van der Waals surface area (Å²) in [5.74, 6) is -0.443. The summed E-state index contributed by atoms with van der Waals surface area (Å²) >= 11 is 0. The van der Waals surface area contributed by atoms with Crippen molar-refractivity contribution >= 4 is 22.9 Å². The third-order valence-corrected chi connectivity index (χ3v) is 4.53. The van der Waals surface area contributed by atoms with Crippen molar-refractivity contribution in [1.82, 2.24) is 14.4 Å². The van der Waals surface area contributed by atoms with E-state index in [1.807, 2.05) is 25.7 Å². The summed E-state index contributed by atoms with van der Waals surface area (Å²) < 4.78 is 6.47. The first-order valence-electron chi connectivity index (χ1n) is 8.37. The molecule has 0 spiro atoms. The van der Waals surface area contributed by atoms with Crippen molar-refractivity contribution in [2.24, 2.45) is 12.5 Å². The average molecular weight is 345 g/mol. The fourth-order valence-electron chi connectivity index (χ4n) is 3.03. The second-order valence-electron chi connectivity index (χ2n) is 7.44. The van der Waals surface area contributed by atoms with E-state index in [0.29, 0.717) is 42.8 Å². The highest BCUT2D eigenvalue weighted by atomic mass is 16.4. The van der Waals surface area contributed by atoms with E-state index >= 15 is 0 Å². The Morgan fingerprint density at radius 3 is 2.24 bits per heavy atom. The number of nitrogens with zero attached hydrogens (tertiary/aromatic N) is 3. The summed E-state index contributed by atoms with van der Waals surface area (Å²) in [6, 6.07) is 4.99. The minimum atomic E-state index is -0.450. The number of fused-ring (bicyclic) bond motifs is 1. The summed E-state index contributed by atoms with van der Waals surface area (Å²) in [5.41, 5.74) is 1.16. The Labute approximate surface area is 145 Å². The third-order valence-electron chi connectivity index (χ3n) is 4.53. The van der Waals surface area contributed by atoms with Gasteiger partial charge >= 0.3 is 5.76 Å². The Morgan fingerprint density at radius 2 is 1.64 bits per heavy atom. The minimum absolute atomic E-state index is 0.0987. The second kappa shape index (κ2) is 6.06. The van der Waals surface area contributed by atoms with Crippen LogP contribution in [0.5, 0.6) is 0 Å². The summed E-state index contributed by atoms with van der Waals surface area (Å²) in [5, 5.41) is 0. The molecule has 1 aliphatic rings. The van der Waals surface area contributed by atoms with E-state index in [-0.39, 0.29) is 11.8 Å². The van der Waals surface area contributed by atoms with Crippen molar-refractivity contribution in [1.29, 1.82) is 0 Å². The molecule has 0 atom stereocenters. The van der Waals surface area contributed by atoms with Crippen LogP contribution in [0.3, 0.4) is 0 Å². The summed E-state index contributed by atoms with van der Waals surface area (Å²) in [6.07, 6.45) is 0. The largest absolute Gasteiger partial charge is 0.419 e. The molecule has 1 aromatic heterocycles. The van der Waals surface area contributed by atoms with Gasteiger partial charge < -0.3 is 14.2 Å². The lowest BCUT2D eigenvalue weighted by atomic mass is 9.94. The number of rotatable bonds is 1. The van der Waals surface area contributed by atoms with Gasteiger partial charge in [0, 0.05) is 44.2 Å². The maximum atomic E-state index is 12.7. The number of aromatic nitrogens is 1. The number of benzene rings is 1. The molecule has 25 heavy (non-hydrogen) atoms. The van der Waals surface area contributed by atoms with Gasteiger partial charge in [-0.05, 0) is 18.2 Å². The molecule has 0 N–H and O–H groups in total. The lowest BCUT2D eigenvalue weighted by Crippen LogP contribution is -2.53. The lowest BCUT2D eigenvalue weighted by molar-refractivity contribution is -0.140. The van der Waals surface area contributed by atoms with Crippen LogP contribution in [-0.2, 0) is 11.8 Å². The second-order valence-corrected chi connectivity index (χ2v) is 7.44. The van der Waals surface area contributed by atoms with Crippen molar-refractivity contribution < 1.29 is 14.0 Å². The zero-order chi connectivity index (χ0) is 18.4. The Balaban J connectivity index is 1.74. The first kappa shape index (κ1) is 17.3. The van der Waals surface area contributed by atoms with Crippen molar-refractivity contribution in [2.75, 3.05) is 26.2 Å². The highest BCUT2D eigenvalue weighted by Crippen LogP contribution is 2.20. The minimum Gasteiger partial charge on any atom is -0.408 e. The number of aryl methyl sites for hydroxylation is 1. The summed E-state index contributed by atoms with van der Waals surface area (Å²) in [6.45, 7) is 7.78. The maximum Gasteiger partial charge on any atom is 0.419 e. The average Bonchev–Trinajstić information content (AvgIpc) is 2.87. The monoisotopic (exact) mass is 345 g/mol. The van der Waals surface area contributed by atoms with E-state index in [1.165, 1.54) is 4.57 Å². The van der Waals surface area contributed by atoms with Gasteiger partial charge in [-0.3, -0.25) is 14.2 Å². The number of hydrogen-bond acceptors (Lipinski definition) is 4. The molecule has 2 amide bonds. The van der Waals surface area contributed by atoms with Gasteiger partial charge in [-0.25, -0.2) is 4.79 Å². The fourth-order valence-corrected chi connectivity index (χ4v) is 3.03.